The molecule has 0 N–H and O–H groups in total. The fourth-order valence-electron chi connectivity index (χ4n) is 3.33. The van der Waals surface area contributed by atoms with E-state index < -0.39 is 0 Å². The lowest BCUT2D eigenvalue weighted by Gasteiger charge is -2.27. The highest BCUT2D eigenvalue weighted by Gasteiger charge is 2.19. The van der Waals surface area contributed by atoms with E-state index in [0.717, 1.165) is 45.8 Å². The lowest BCUT2D eigenvalue weighted by molar-refractivity contribution is 0.122. The minimum Gasteiger partial charge on any atom is -0.471 e. The van der Waals surface area contributed by atoms with Crippen LogP contribution >= 0.6 is 15.9 Å². The Kier molecular flexibility index (Phi) is 4.58. The SMILES string of the molecule is Brc1cnc(N2CCOCC2)c2nc(COc3ccc4ccccc4n3)cn12. The van der Waals surface area contributed by atoms with Crippen LogP contribution in [0.1, 0.15) is 5.69 Å². The summed E-state index contributed by atoms with van der Waals surface area (Å²) in [6, 6.07) is 11.9. The van der Waals surface area contributed by atoms with Crippen LogP contribution < -0.4 is 9.64 Å². The summed E-state index contributed by atoms with van der Waals surface area (Å²) >= 11 is 3.56. The number of morpholine rings is 1. The first kappa shape index (κ1) is 17.4. The Morgan fingerprint density at radius 2 is 1.93 bits per heavy atom. The Hall–Kier alpha value is -2.71. The Bertz CT molecular complexity index is 1140. The number of anilines is 1. The van der Waals surface area contributed by atoms with E-state index in [9.17, 15) is 0 Å². The molecule has 5 rings (SSSR count). The molecule has 1 aromatic carbocycles. The van der Waals surface area contributed by atoms with Crippen molar-refractivity contribution in [1.82, 2.24) is 19.4 Å². The van der Waals surface area contributed by atoms with E-state index in [1.54, 1.807) is 6.20 Å². The lowest BCUT2D eigenvalue weighted by Crippen LogP contribution is -2.37. The van der Waals surface area contributed by atoms with Crippen molar-refractivity contribution in [2.24, 2.45) is 0 Å². The van der Waals surface area contributed by atoms with Crippen molar-refractivity contribution in [2.75, 3.05) is 31.2 Å². The van der Waals surface area contributed by atoms with Crippen molar-refractivity contribution >= 4 is 38.3 Å². The van der Waals surface area contributed by atoms with Gasteiger partial charge in [-0.2, -0.15) is 0 Å². The molecule has 7 nitrogen and oxygen atoms in total. The summed E-state index contributed by atoms with van der Waals surface area (Å²) in [5, 5.41) is 1.09. The van der Waals surface area contributed by atoms with Gasteiger partial charge in [0.1, 0.15) is 11.2 Å². The number of para-hydroxylation sites is 1. The predicted molar refractivity (Wildman–Crippen MR) is 110 cm³/mol. The van der Waals surface area contributed by atoms with Gasteiger partial charge >= 0.3 is 0 Å². The first-order chi connectivity index (χ1) is 13.8. The average Bonchev–Trinajstić information content (AvgIpc) is 3.18. The fourth-order valence-corrected chi connectivity index (χ4v) is 3.70. The third-order valence-corrected chi connectivity index (χ3v) is 5.32. The Morgan fingerprint density at radius 3 is 2.82 bits per heavy atom. The number of aromatic nitrogens is 4. The summed E-state index contributed by atoms with van der Waals surface area (Å²) in [6.45, 7) is 3.36. The van der Waals surface area contributed by atoms with Crippen LogP contribution in [0.15, 0.2) is 53.4 Å². The maximum Gasteiger partial charge on any atom is 0.214 e. The topological polar surface area (TPSA) is 64.8 Å². The van der Waals surface area contributed by atoms with Gasteiger partial charge in [-0.1, -0.05) is 18.2 Å². The minimum absolute atomic E-state index is 0.335. The van der Waals surface area contributed by atoms with E-state index in [-0.39, 0.29) is 0 Å². The van der Waals surface area contributed by atoms with Crippen molar-refractivity contribution in [2.45, 2.75) is 6.61 Å². The minimum atomic E-state index is 0.335. The van der Waals surface area contributed by atoms with E-state index in [1.807, 2.05) is 47.0 Å². The fraction of sp³-hybridized carbons (Fsp3) is 0.250. The molecule has 0 spiro atoms. The number of fused-ring (bicyclic) bond motifs is 2. The highest BCUT2D eigenvalue weighted by molar-refractivity contribution is 9.10. The number of hydrogen-bond acceptors (Lipinski definition) is 6. The molecule has 1 fully saturated rings. The molecule has 1 saturated heterocycles. The van der Waals surface area contributed by atoms with Crippen LogP contribution in [-0.4, -0.2) is 45.7 Å². The number of benzene rings is 1. The average molecular weight is 440 g/mol. The molecule has 0 unspecified atom stereocenters. The standard InChI is InChI=1S/C20H18BrN5O2/c21-17-11-22-19(25-7-9-27-10-8-25)20-23-15(12-26(17)20)13-28-18-6-5-14-3-1-2-4-16(14)24-18/h1-6,11-12H,7-10,13H2. The molecule has 0 bridgehead atoms. The van der Waals surface area contributed by atoms with Gasteiger partial charge < -0.3 is 14.4 Å². The van der Waals surface area contributed by atoms with Gasteiger partial charge in [-0.25, -0.2) is 15.0 Å². The van der Waals surface area contributed by atoms with E-state index in [0.29, 0.717) is 25.7 Å². The van der Waals surface area contributed by atoms with Gasteiger partial charge in [-0.3, -0.25) is 4.40 Å². The molecule has 0 amide bonds. The van der Waals surface area contributed by atoms with Gasteiger partial charge in [0.25, 0.3) is 0 Å². The maximum absolute atomic E-state index is 5.90. The third-order valence-electron chi connectivity index (χ3n) is 4.73. The number of halogens is 1. The van der Waals surface area contributed by atoms with Gasteiger partial charge in [0, 0.05) is 30.7 Å². The molecule has 28 heavy (non-hydrogen) atoms. The summed E-state index contributed by atoms with van der Waals surface area (Å²) in [7, 11) is 0. The van der Waals surface area contributed by atoms with E-state index in [1.165, 1.54) is 0 Å². The number of ether oxygens (including phenoxy) is 2. The number of rotatable bonds is 4. The van der Waals surface area contributed by atoms with Crippen LogP contribution in [0, 0.1) is 0 Å². The van der Waals surface area contributed by atoms with Crippen LogP contribution in [0.2, 0.25) is 0 Å². The highest BCUT2D eigenvalue weighted by Crippen LogP contribution is 2.24. The van der Waals surface area contributed by atoms with Crippen LogP contribution in [0.25, 0.3) is 16.6 Å². The lowest BCUT2D eigenvalue weighted by atomic mass is 10.2. The Labute approximate surface area is 170 Å². The van der Waals surface area contributed by atoms with Crippen molar-refractivity contribution in [1.29, 1.82) is 0 Å². The number of pyridine rings is 1. The largest absolute Gasteiger partial charge is 0.471 e. The number of nitrogens with zero attached hydrogens (tertiary/aromatic N) is 5. The summed E-state index contributed by atoms with van der Waals surface area (Å²) in [5.74, 6) is 1.45. The van der Waals surface area contributed by atoms with Crippen LogP contribution in [-0.2, 0) is 11.3 Å². The van der Waals surface area contributed by atoms with Gasteiger partial charge in [-0.15, -0.1) is 0 Å². The number of hydrogen-bond donors (Lipinski definition) is 0. The van der Waals surface area contributed by atoms with Crippen LogP contribution in [0.5, 0.6) is 5.88 Å². The van der Waals surface area contributed by atoms with E-state index in [4.69, 9.17) is 14.5 Å². The molecule has 4 aromatic rings. The first-order valence-electron chi connectivity index (χ1n) is 9.12. The molecule has 1 aliphatic heterocycles. The highest BCUT2D eigenvalue weighted by atomic mass is 79.9. The van der Waals surface area contributed by atoms with Crippen molar-refractivity contribution < 1.29 is 9.47 Å². The molecular weight excluding hydrogens is 422 g/mol. The molecule has 0 aliphatic carbocycles. The summed E-state index contributed by atoms with van der Waals surface area (Å²) in [4.78, 5) is 16.1. The van der Waals surface area contributed by atoms with E-state index in [2.05, 4.69) is 30.8 Å². The van der Waals surface area contributed by atoms with Gasteiger partial charge in [-0.05, 0) is 28.1 Å². The summed E-state index contributed by atoms with van der Waals surface area (Å²) < 4.78 is 14.2. The molecule has 8 heteroatoms. The molecular formula is C20H18BrN5O2. The van der Waals surface area contributed by atoms with Crippen LogP contribution in [0.3, 0.4) is 0 Å². The van der Waals surface area contributed by atoms with Crippen molar-refractivity contribution in [3.8, 4) is 5.88 Å². The maximum atomic E-state index is 5.90. The smallest absolute Gasteiger partial charge is 0.214 e. The monoisotopic (exact) mass is 439 g/mol. The van der Waals surface area contributed by atoms with Gasteiger partial charge in [0.15, 0.2) is 11.5 Å². The zero-order chi connectivity index (χ0) is 18.9. The third kappa shape index (κ3) is 3.29. The summed E-state index contributed by atoms with van der Waals surface area (Å²) in [6.07, 6.45) is 3.76. The molecule has 0 atom stereocenters. The second-order valence-electron chi connectivity index (χ2n) is 6.56. The summed E-state index contributed by atoms with van der Waals surface area (Å²) in [5.41, 5.74) is 2.54. The molecule has 0 saturated carbocycles. The quantitative estimate of drug-likeness (QED) is 0.485. The molecule has 0 radical (unpaired) electrons. The zero-order valence-electron chi connectivity index (χ0n) is 15.1. The van der Waals surface area contributed by atoms with Crippen molar-refractivity contribution in [3.05, 3.63) is 59.1 Å². The zero-order valence-corrected chi connectivity index (χ0v) is 16.7. The van der Waals surface area contributed by atoms with Crippen LogP contribution in [0.4, 0.5) is 5.82 Å². The van der Waals surface area contributed by atoms with E-state index >= 15 is 0 Å². The second kappa shape index (κ2) is 7.37. The molecule has 1 aliphatic rings. The molecule has 4 heterocycles. The Balaban J connectivity index is 1.41. The van der Waals surface area contributed by atoms with Gasteiger partial charge in [0.2, 0.25) is 5.88 Å². The first-order valence-corrected chi connectivity index (χ1v) is 9.91. The van der Waals surface area contributed by atoms with Crippen molar-refractivity contribution in [3.63, 3.8) is 0 Å². The van der Waals surface area contributed by atoms with Gasteiger partial charge in [0.05, 0.1) is 30.6 Å². The second-order valence-corrected chi connectivity index (χ2v) is 7.37. The Morgan fingerprint density at radius 1 is 1.07 bits per heavy atom. The predicted octanol–water partition coefficient (Wildman–Crippen LogP) is 3.46. The number of imidazole rings is 1. The molecule has 142 valence electrons. The molecule has 3 aromatic heterocycles. The normalized spacial score (nSPS) is 14.7.